The number of likely N-dealkylation sites (N-methyl/N-ethyl adjacent to an activating group) is 1. The molecule has 0 bridgehead atoms. The molecule has 1 fully saturated rings. The van der Waals surface area contributed by atoms with Crippen molar-refractivity contribution in [1.82, 2.24) is 15.5 Å². The van der Waals surface area contributed by atoms with Crippen molar-refractivity contribution in [3.05, 3.63) is 0 Å². The van der Waals surface area contributed by atoms with Gasteiger partial charge < -0.3 is 15.7 Å². The smallest absolute Gasteiger partial charge is 0.233 e. The Morgan fingerprint density at radius 3 is 2.50 bits per heavy atom. The number of hydrogen-bond acceptors (Lipinski definition) is 4. The van der Waals surface area contributed by atoms with Crippen molar-refractivity contribution in [3.8, 4) is 0 Å². The minimum atomic E-state index is 0.00815. The molecule has 0 unspecified atom stereocenters. The maximum absolute atomic E-state index is 11.5. The molecule has 0 aromatic carbocycles. The third-order valence-electron chi connectivity index (χ3n) is 3.16. The van der Waals surface area contributed by atoms with E-state index in [-0.39, 0.29) is 24.5 Å². The molecular formula is C12H23N3O3. The normalized spacial score (nSPS) is 17.4. The predicted molar refractivity (Wildman–Crippen MR) is 68.0 cm³/mol. The number of nitrogens with zero attached hydrogens (tertiary/aromatic N) is 1. The minimum absolute atomic E-state index is 0.00815. The highest BCUT2D eigenvalue weighted by atomic mass is 16.3. The molecule has 1 saturated heterocycles. The quantitative estimate of drug-likeness (QED) is 0.575. The van der Waals surface area contributed by atoms with Gasteiger partial charge in [-0.3, -0.25) is 14.5 Å². The van der Waals surface area contributed by atoms with Crippen molar-refractivity contribution in [2.75, 3.05) is 33.3 Å². The van der Waals surface area contributed by atoms with E-state index in [0.717, 1.165) is 25.9 Å². The molecule has 1 rings (SSSR count). The number of likely N-dealkylation sites (tertiary alicyclic amines) is 1. The first kappa shape index (κ1) is 14.9. The second kappa shape index (κ2) is 8.05. The first-order chi connectivity index (χ1) is 8.65. The molecule has 1 aliphatic heterocycles. The highest BCUT2D eigenvalue weighted by Crippen LogP contribution is 2.10. The van der Waals surface area contributed by atoms with Crippen LogP contribution in [0.2, 0.25) is 0 Å². The van der Waals surface area contributed by atoms with Gasteiger partial charge in [-0.05, 0) is 19.3 Å². The largest absolute Gasteiger partial charge is 0.396 e. The Labute approximate surface area is 108 Å². The summed E-state index contributed by atoms with van der Waals surface area (Å²) < 4.78 is 0. The summed E-state index contributed by atoms with van der Waals surface area (Å²) in [6, 6.07) is 0.206. The fourth-order valence-electron chi connectivity index (χ4n) is 2.06. The van der Waals surface area contributed by atoms with E-state index in [9.17, 15) is 9.59 Å². The van der Waals surface area contributed by atoms with Crippen LogP contribution in [0.25, 0.3) is 0 Å². The van der Waals surface area contributed by atoms with Gasteiger partial charge in [-0.2, -0.15) is 0 Å². The van der Waals surface area contributed by atoms with E-state index in [1.807, 2.05) is 0 Å². The summed E-state index contributed by atoms with van der Waals surface area (Å²) in [5, 5.41) is 14.2. The number of aliphatic hydroxyl groups is 1. The van der Waals surface area contributed by atoms with Crippen LogP contribution >= 0.6 is 0 Å². The predicted octanol–water partition coefficient (Wildman–Crippen LogP) is -0.914. The van der Waals surface area contributed by atoms with E-state index in [4.69, 9.17) is 5.11 Å². The maximum Gasteiger partial charge on any atom is 0.233 e. The standard InChI is InChI=1S/C12H23N3O3/c1-13-12(18)9-15-6-4-10(5-7-15)14-11(17)3-2-8-16/h10,16H,2-9H2,1H3,(H,13,18)(H,14,17). The average molecular weight is 257 g/mol. The van der Waals surface area contributed by atoms with Crippen LogP contribution in [0.4, 0.5) is 0 Å². The van der Waals surface area contributed by atoms with Crippen molar-refractivity contribution in [2.45, 2.75) is 31.7 Å². The van der Waals surface area contributed by atoms with E-state index in [1.54, 1.807) is 7.05 Å². The Bertz CT molecular complexity index is 276. The van der Waals surface area contributed by atoms with Gasteiger partial charge in [0.25, 0.3) is 0 Å². The fraction of sp³-hybridized carbons (Fsp3) is 0.833. The van der Waals surface area contributed by atoms with E-state index < -0.39 is 0 Å². The zero-order chi connectivity index (χ0) is 13.4. The molecule has 0 saturated carbocycles. The molecule has 0 radical (unpaired) electrons. The number of carbonyl (C=O) groups excluding carboxylic acids is 2. The van der Waals surface area contributed by atoms with Gasteiger partial charge in [0.05, 0.1) is 6.54 Å². The summed E-state index contributed by atoms with van der Waals surface area (Å²) in [6.07, 6.45) is 2.65. The number of hydrogen-bond donors (Lipinski definition) is 3. The van der Waals surface area contributed by atoms with Crippen LogP contribution < -0.4 is 10.6 Å². The molecule has 0 atom stereocenters. The maximum atomic E-state index is 11.5. The van der Waals surface area contributed by atoms with Crippen LogP contribution in [0.5, 0.6) is 0 Å². The molecule has 0 aromatic rings. The molecule has 6 nitrogen and oxygen atoms in total. The van der Waals surface area contributed by atoms with Gasteiger partial charge >= 0.3 is 0 Å². The first-order valence-corrected chi connectivity index (χ1v) is 6.49. The van der Waals surface area contributed by atoms with E-state index in [1.165, 1.54) is 0 Å². The van der Waals surface area contributed by atoms with Gasteiger partial charge in [0.1, 0.15) is 0 Å². The number of amides is 2. The second-order valence-electron chi connectivity index (χ2n) is 4.62. The first-order valence-electron chi connectivity index (χ1n) is 6.49. The number of rotatable bonds is 6. The SMILES string of the molecule is CNC(=O)CN1CCC(NC(=O)CCCO)CC1. The number of aliphatic hydroxyl groups excluding tert-OH is 1. The Morgan fingerprint density at radius 1 is 1.28 bits per heavy atom. The van der Waals surface area contributed by atoms with Crippen LogP contribution in [-0.4, -0.2) is 61.2 Å². The van der Waals surface area contributed by atoms with Crippen molar-refractivity contribution < 1.29 is 14.7 Å². The molecule has 2 amide bonds. The van der Waals surface area contributed by atoms with Gasteiger partial charge in [0.15, 0.2) is 0 Å². The summed E-state index contributed by atoms with van der Waals surface area (Å²) in [6.45, 7) is 2.15. The summed E-state index contributed by atoms with van der Waals surface area (Å²) in [5.41, 5.74) is 0. The molecule has 104 valence electrons. The monoisotopic (exact) mass is 257 g/mol. The van der Waals surface area contributed by atoms with Crippen LogP contribution in [0.1, 0.15) is 25.7 Å². The number of carbonyl (C=O) groups is 2. The lowest BCUT2D eigenvalue weighted by Gasteiger charge is -2.31. The van der Waals surface area contributed by atoms with Gasteiger partial charge in [-0.25, -0.2) is 0 Å². The highest BCUT2D eigenvalue weighted by molar-refractivity contribution is 5.77. The summed E-state index contributed by atoms with van der Waals surface area (Å²) in [4.78, 5) is 24.8. The zero-order valence-corrected chi connectivity index (χ0v) is 10.9. The fourth-order valence-corrected chi connectivity index (χ4v) is 2.06. The lowest BCUT2D eigenvalue weighted by molar-refractivity contribution is -0.124. The van der Waals surface area contributed by atoms with Crippen LogP contribution in [-0.2, 0) is 9.59 Å². The van der Waals surface area contributed by atoms with Crippen molar-refractivity contribution in [3.63, 3.8) is 0 Å². The molecule has 0 aromatic heterocycles. The van der Waals surface area contributed by atoms with Crippen LogP contribution in [0.3, 0.4) is 0 Å². The summed E-state index contributed by atoms with van der Waals surface area (Å²) >= 11 is 0. The highest BCUT2D eigenvalue weighted by Gasteiger charge is 2.21. The number of piperidine rings is 1. The van der Waals surface area contributed by atoms with E-state index in [2.05, 4.69) is 15.5 Å². The Kier molecular flexibility index (Phi) is 6.67. The van der Waals surface area contributed by atoms with Crippen LogP contribution in [0.15, 0.2) is 0 Å². The van der Waals surface area contributed by atoms with Gasteiger partial charge in [0, 0.05) is 39.2 Å². The lowest BCUT2D eigenvalue weighted by atomic mass is 10.0. The van der Waals surface area contributed by atoms with Gasteiger partial charge in [0.2, 0.25) is 11.8 Å². The van der Waals surface area contributed by atoms with Crippen molar-refractivity contribution >= 4 is 11.8 Å². The molecule has 18 heavy (non-hydrogen) atoms. The molecule has 3 N–H and O–H groups in total. The zero-order valence-electron chi connectivity index (χ0n) is 10.9. The van der Waals surface area contributed by atoms with E-state index >= 15 is 0 Å². The molecule has 0 spiro atoms. The van der Waals surface area contributed by atoms with Crippen molar-refractivity contribution in [2.24, 2.45) is 0 Å². The molecule has 6 heteroatoms. The Balaban J connectivity index is 2.18. The third kappa shape index (κ3) is 5.46. The van der Waals surface area contributed by atoms with Crippen LogP contribution in [0, 0.1) is 0 Å². The molecular weight excluding hydrogens is 234 g/mol. The average Bonchev–Trinajstić information content (AvgIpc) is 2.38. The summed E-state index contributed by atoms with van der Waals surface area (Å²) in [5.74, 6) is 0.0363. The second-order valence-corrected chi connectivity index (χ2v) is 4.62. The minimum Gasteiger partial charge on any atom is -0.396 e. The molecule has 0 aliphatic carbocycles. The summed E-state index contributed by atoms with van der Waals surface area (Å²) in [7, 11) is 1.64. The van der Waals surface area contributed by atoms with Gasteiger partial charge in [-0.15, -0.1) is 0 Å². The third-order valence-corrected chi connectivity index (χ3v) is 3.16. The Morgan fingerprint density at radius 2 is 1.94 bits per heavy atom. The van der Waals surface area contributed by atoms with Gasteiger partial charge in [-0.1, -0.05) is 0 Å². The van der Waals surface area contributed by atoms with E-state index in [0.29, 0.717) is 19.4 Å². The molecule has 1 aliphatic rings. The van der Waals surface area contributed by atoms with Crippen molar-refractivity contribution in [1.29, 1.82) is 0 Å². The molecule has 1 heterocycles. The topological polar surface area (TPSA) is 81.7 Å². The lowest BCUT2D eigenvalue weighted by Crippen LogP contribution is -2.47. The number of nitrogens with one attached hydrogen (secondary N) is 2. The Hall–Kier alpha value is -1.14.